The van der Waals surface area contributed by atoms with E-state index >= 15 is 0 Å². The van der Waals surface area contributed by atoms with Crippen LogP contribution in [0.3, 0.4) is 0 Å². The molecule has 0 spiro atoms. The molecule has 0 bridgehead atoms. The monoisotopic (exact) mass is 394 g/mol. The lowest BCUT2D eigenvalue weighted by atomic mass is 10.00. The van der Waals surface area contributed by atoms with Gasteiger partial charge in [-0.15, -0.1) is 5.10 Å². The number of nitrogens with zero attached hydrogens (tertiary/aromatic N) is 4. The number of aryl methyl sites for hydroxylation is 1. The number of alkyl halides is 2. The van der Waals surface area contributed by atoms with Gasteiger partial charge in [-0.05, 0) is 50.6 Å². The van der Waals surface area contributed by atoms with Crippen LogP contribution >= 0.6 is 11.3 Å². The summed E-state index contributed by atoms with van der Waals surface area (Å²) < 4.78 is 31.3. The maximum Gasteiger partial charge on any atom is 0.387 e. The Balaban J connectivity index is 1.79. The first kappa shape index (κ1) is 18.1. The van der Waals surface area contributed by atoms with Gasteiger partial charge in [-0.25, -0.2) is 4.98 Å². The predicted molar refractivity (Wildman–Crippen MR) is 97.6 cm³/mol. The summed E-state index contributed by atoms with van der Waals surface area (Å²) in [4.78, 5) is 7.93. The molecule has 1 N–H and O–H groups in total. The minimum absolute atomic E-state index is 0.0476. The van der Waals surface area contributed by atoms with Crippen molar-refractivity contribution in [2.75, 3.05) is 13.1 Å². The van der Waals surface area contributed by atoms with Crippen molar-refractivity contribution in [2.24, 2.45) is 0 Å². The molecule has 4 rings (SSSR count). The molecule has 144 valence electrons. The highest BCUT2D eigenvalue weighted by Crippen LogP contribution is 2.41. The largest absolute Gasteiger partial charge is 0.492 e. The van der Waals surface area contributed by atoms with E-state index < -0.39 is 6.61 Å². The lowest BCUT2D eigenvalue weighted by molar-refractivity contribution is -0.0499. The molecule has 0 amide bonds. The van der Waals surface area contributed by atoms with Crippen molar-refractivity contribution >= 4 is 16.3 Å². The lowest BCUT2D eigenvalue weighted by Gasteiger charge is -2.34. The molecule has 1 aliphatic rings. The number of aromatic hydroxyl groups is 1. The van der Waals surface area contributed by atoms with Crippen LogP contribution < -0.4 is 4.74 Å². The summed E-state index contributed by atoms with van der Waals surface area (Å²) in [7, 11) is 0. The zero-order valence-electron chi connectivity index (χ0n) is 14.8. The molecule has 0 saturated carbocycles. The van der Waals surface area contributed by atoms with Crippen molar-refractivity contribution in [3.05, 3.63) is 40.5 Å². The minimum Gasteiger partial charge on any atom is -0.492 e. The molecule has 27 heavy (non-hydrogen) atoms. The van der Waals surface area contributed by atoms with Crippen molar-refractivity contribution in [3.63, 3.8) is 0 Å². The quantitative estimate of drug-likeness (QED) is 0.709. The molecule has 1 fully saturated rings. The van der Waals surface area contributed by atoms with E-state index in [9.17, 15) is 13.9 Å². The van der Waals surface area contributed by atoms with Gasteiger partial charge in [-0.1, -0.05) is 29.9 Å². The Labute approximate surface area is 159 Å². The zero-order valence-corrected chi connectivity index (χ0v) is 15.6. The Morgan fingerprint density at radius 3 is 2.70 bits per heavy atom. The van der Waals surface area contributed by atoms with Gasteiger partial charge in [0.2, 0.25) is 10.8 Å². The highest BCUT2D eigenvalue weighted by Gasteiger charge is 2.30. The molecule has 6 nitrogen and oxygen atoms in total. The second-order valence-corrected chi connectivity index (χ2v) is 7.60. The second kappa shape index (κ2) is 7.40. The van der Waals surface area contributed by atoms with Gasteiger partial charge in [0.15, 0.2) is 0 Å². The maximum absolute atomic E-state index is 12.6. The number of ether oxygens (including phenoxy) is 1. The normalized spacial score (nSPS) is 16.9. The summed E-state index contributed by atoms with van der Waals surface area (Å²) in [6.07, 6.45) is 3.28. The van der Waals surface area contributed by atoms with Gasteiger partial charge < -0.3 is 9.84 Å². The number of likely N-dealkylation sites (tertiary alicyclic amines) is 1. The first-order valence-corrected chi connectivity index (χ1v) is 9.68. The van der Waals surface area contributed by atoms with Crippen molar-refractivity contribution in [3.8, 4) is 11.6 Å². The molecule has 1 aromatic carbocycles. The Morgan fingerprint density at radius 2 is 2.00 bits per heavy atom. The number of hydrogen-bond acceptors (Lipinski definition) is 6. The van der Waals surface area contributed by atoms with Gasteiger partial charge in [0, 0.05) is 0 Å². The van der Waals surface area contributed by atoms with E-state index in [4.69, 9.17) is 0 Å². The fourth-order valence-electron chi connectivity index (χ4n) is 3.59. The summed E-state index contributed by atoms with van der Waals surface area (Å²) in [6.45, 7) is 0.638. The standard InChI is InChI=1S/C18H20F2N4O2S/c1-11-21-18-24(22-11)16(25)15(27-18)14(23-8-3-2-4-9-23)12-6-5-7-13(10-12)26-17(19)20/h5-7,10,14,17,25H,2-4,8-9H2,1H3/t14-/m0/s1. The molecular weight excluding hydrogens is 374 g/mol. The fourth-order valence-corrected chi connectivity index (χ4v) is 4.75. The van der Waals surface area contributed by atoms with Crippen LogP contribution in [0.5, 0.6) is 11.6 Å². The number of fused-ring (bicyclic) bond motifs is 1. The van der Waals surface area contributed by atoms with Crippen molar-refractivity contribution < 1.29 is 18.6 Å². The van der Waals surface area contributed by atoms with E-state index in [1.807, 2.05) is 6.07 Å². The summed E-state index contributed by atoms with van der Waals surface area (Å²) in [5.74, 6) is 0.746. The third-order valence-corrected chi connectivity index (χ3v) is 5.78. The minimum atomic E-state index is -2.88. The molecule has 1 saturated heterocycles. The second-order valence-electron chi connectivity index (χ2n) is 6.59. The Morgan fingerprint density at radius 1 is 1.22 bits per heavy atom. The first-order chi connectivity index (χ1) is 13.0. The molecule has 1 aliphatic heterocycles. The molecule has 2 aromatic heterocycles. The van der Waals surface area contributed by atoms with Crippen molar-refractivity contribution in [1.29, 1.82) is 0 Å². The van der Waals surface area contributed by atoms with E-state index in [2.05, 4.69) is 19.7 Å². The number of benzene rings is 1. The maximum atomic E-state index is 12.6. The van der Waals surface area contributed by atoms with E-state index in [-0.39, 0.29) is 17.7 Å². The summed E-state index contributed by atoms with van der Waals surface area (Å²) in [5.41, 5.74) is 0.798. The summed E-state index contributed by atoms with van der Waals surface area (Å²) in [6, 6.07) is 6.43. The van der Waals surface area contributed by atoms with E-state index in [0.29, 0.717) is 15.7 Å². The molecule has 9 heteroatoms. The first-order valence-electron chi connectivity index (χ1n) is 8.87. The highest BCUT2D eigenvalue weighted by atomic mass is 32.1. The van der Waals surface area contributed by atoms with E-state index in [1.54, 1.807) is 19.1 Å². The molecule has 1 atom stereocenters. The Bertz CT molecular complexity index is 937. The van der Waals surface area contributed by atoms with Crippen molar-refractivity contribution in [1.82, 2.24) is 19.5 Å². The molecular formula is C18H20F2N4O2S. The summed E-state index contributed by atoms with van der Waals surface area (Å²) in [5, 5.41) is 15.0. The van der Waals surface area contributed by atoms with Crippen LogP contribution in [0.1, 0.15) is 41.6 Å². The third kappa shape index (κ3) is 3.61. The average Bonchev–Trinajstić information content (AvgIpc) is 3.14. The third-order valence-electron chi connectivity index (χ3n) is 4.71. The Kier molecular flexibility index (Phi) is 4.96. The van der Waals surface area contributed by atoms with Gasteiger partial charge in [-0.2, -0.15) is 13.3 Å². The average molecular weight is 394 g/mol. The number of halogens is 2. The number of thiazole rings is 1. The molecule has 3 aromatic rings. The van der Waals surface area contributed by atoms with Crippen LogP contribution in [0, 0.1) is 6.92 Å². The molecule has 3 heterocycles. The van der Waals surface area contributed by atoms with Crippen LogP contribution in [-0.2, 0) is 0 Å². The number of aromatic nitrogens is 3. The van der Waals surface area contributed by atoms with E-state index in [0.717, 1.165) is 37.9 Å². The van der Waals surface area contributed by atoms with Gasteiger partial charge in [0.05, 0.1) is 10.9 Å². The van der Waals surface area contributed by atoms with Gasteiger partial charge in [-0.3, -0.25) is 4.90 Å². The lowest BCUT2D eigenvalue weighted by Crippen LogP contribution is -2.34. The Hall–Kier alpha value is -2.26. The van der Waals surface area contributed by atoms with E-state index in [1.165, 1.54) is 21.9 Å². The topological polar surface area (TPSA) is 62.9 Å². The van der Waals surface area contributed by atoms with Gasteiger partial charge in [0.25, 0.3) is 0 Å². The van der Waals surface area contributed by atoms with Crippen LogP contribution in [0.2, 0.25) is 0 Å². The number of hydrogen-bond donors (Lipinski definition) is 1. The van der Waals surface area contributed by atoms with Crippen molar-refractivity contribution in [2.45, 2.75) is 38.8 Å². The number of piperidine rings is 1. The van der Waals surface area contributed by atoms with Crippen LogP contribution in [0.4, 0.5) is 8.78 Å². The smallest absolute Gasteiger partial charge is 0.387 e. The van der Waals surface area contributed by atoms with Crippen LogP contribution in [-0.4, -0.2) is 44.3 Å². The van der Waals surface area contributed by atoms with Crippen LogP contribution in [0.15, 0.2) is 24.3 Å². The highest BCUT2D eigenvalue weighted by molar-refractivity contribution is 7.17. The molecule has 0 unspecified atom stereocenters. The number of rotatable bonds is 5. The fraction of sp³-hybridized carbons (Fsp3) is 0.444. The molecule has 0 aliphatic carbocycles. The van der Waals surface area contributed by atoms with Gasteiger partial charge in [0.1, 0.15) is 11.6 Å². The predicted octanol–water partition coefficient (Wildman–Crippen LogP) is 3.98. The van der Waals surface area contributed by atoms with Gasteiger partial charge >= 0.3 is 6.61 Å². The SMILES string of the molecule is Cc1nc2sc([C@H](c3cccc(OC(F)F)c3)N3CCCCC3)c(O)n2n1. The van der Waals surface area contributed by atoms with Crippen LogP contribution in [0.25, 0.3) is 4.96 Å². The zero-order chi connectivity index (χ0) is 19.0. The molecule has 0 radical (unpaired) electrons. The summed E-state index contributed by atoms with van der Waals surface area (Å²) >= 11 is 1.37.